The van der Waals surface area contributed by atoms with Crippen molar-refractivity contribution in [1.82, 2.24) is 20.1 Å². The molecule has 0 unspecified atom stereocenters. The second-order valence-electron chi connectivity index (χ2n) is 5.95. The van der Waals surface area contributed by atoms with Crippen LogP contribution in [-0.2, 0) is 13.0 Å². The molecular weight excluding hydrogens is 342 g/mol. The van der Waals surface area contributed by atoms with Crippen LogP contribution in [-0.4, -0.2) is 20.1 Å². The second-order valence-corrected chi connectivity index (χ2v) is 5.95. The van der Waals surface area contributed by atoms with Crippen LogP contribution in [0.2, 0.25) is 0 Å². The molecule has 7 heteroatoms. The standard InChI is InChI=1S/C20H17N5O2/c21-20-17(4-2-8-23-20)18-10-16(25-27-18)9-14-5-6-19(24-12-14)26-13-15-3-1-7-22-11-15/h1-8,10-12H,9,13H2,(H2,21,23). The maximum Gasteiger partial charge on any atom is 0.213 e. The highest BCUT2D eigenvalue weighted by Gasteiger charge is 2.11. The van der Waals surface area contributed by atoms with Gasteiger partial charge in [-0.15, -0.1) is 0 Å². The highest BCUT2D eigenvalue weighted by atomic mass is 16.5. The summed E-state index contributed by atoms with van der Waals surface area (Å²) in [6.45, 7) is 0.430. The highest BCUT2D eigenvalue weighted by molar-refractivity contribution is 5.69. The minimum atomic E-state index is 0.414. The van der Waals surface area contributed by atoms with Crippen molar-refractivity contribution in [3.8, 4) is 17.2 Å². The minimum absolute atomic E-state index is 0.414. The molecule has 0 fully saturated rings. The number of pyridine rings is 3. The van der Waals surface area contributed by atoms with E-state index in [0.717, 1.165) is 22.4 Å². The van der Waals surface area contributed by atoms with Crippen LogP contribution in [0, 0.1) is 0 Å². The van der Waals surface area contributed by atoms with Gasteiger partial charge in [-0.2, -0.15) is 0 Å². The van der Waals surface area contributed by atoms with Gasteiger partial charge in [-0.25, -0.2) is 9.97 Å². The number of hydrogen-bond donors (Lipinski definition) is 1. The van der Waals surface area contributed by atoms with Crippen molar-refractivity contribution in [1.29, 1.82) is 0 Å². The van der Waals surface area contributed by atoms with Gasteiger partial charge in [0.1, 0.15) is 12.4 Å². The molecule has 0 spiro atoms. The third-order valence-corrected chi connectivity index (χ3v) is 3.96. The van der Waals surface area contributed by atoms with Crippen LogP contribution >= 0.6 is 0 Å². The zero-order valence-corrected chi connectivity index (χ0v) is 14.4. The Labute approximate surface area is 155 Å². The Morgan fingerprint density at radius 1 is 0.963 bits per heavy atom. The third kappa shape index (κ3) is 4.09. The van der Waals surface area contributed by atoms with E-state index in [-0.39, 0.29) is 0 Å². The Kier molecular flexibility index (Phi) is 4.74. The predicted octanol–water partition coefficient (Wildman–Crippen LogP) is 3.28. The van der Waals surface area contributed by atoms with Crippen molar-refractivity contribution in [2.45, 2.75) is 13.0 Å². The molecule has 4 rings (SSSR count). The molecule has 27 heavy (non-hydrogen) atoms. The number of ether oxygens (including phenoxy) is 1. The molecule has 4 aromatic heterocycles. The number of hydrogen-bond acceptors (Lipinski definition) is 7. The fraction of sp³-hybridized carbons (Fsp3) is 0.100. The van der Waals surface area contributed by atoms with E-state index in [1.807, 2.05) is 42.5 Å². The number of nitrogens with zero attached hydrogens (tertiary/aromatic N) is 4. The average Bonchev–Trinajstić information content (AvgIpc) is 3.17. The summed E-state index contributed by atoms with van der Waals surface area (Å²) < 4.78 is 11.1. The molecule has 2 N–H and O–H groups in total. The molecule has 0 saturated carbocycles. The molecule has 0 aliphatic heterocycles. The molecule has 0 aromatic carbocycles. The van der Waals surface area contributed by atoms with Gasteiger partial charge in [0.05, 0.1) is 11.3 Å². The van der Waals surface area contributed by atoms with Gasteiger partial charge in [0.25, 0.3) is 0 Å². The number of nitrogen functional groups attached to an aromatic ring is 1. The molecule has 4 heterocycles. The van der Waals surface area contributed by atoms with Crippen LogP contribution < -0.4 is 10.5 Å². The highest BCUT2D eigenvalue weighted by Crippen LogP contribution is 2.25. The van der Waals surface area contributed by atoms with E-state index in [9.17, 15) is 0 Å². The van der Waals surface area contributed by atoms with E-state index in [1.54, 1.807) is 24.8 Å². The SMILES string of the molecule is Nc1ncccc1-c1cc(Cc2ccc(OCc3cccnc3)nc2)no1. The van der Waals surface area contributed by atoms with Gasteiger partial charge in [0.15, 0.2) is 5.76 Å². The van der Waals surface area contributed by atoms with Crippen LogP contribution in [0.5, 0.6) is 5.88 Å². The summed E-state index contributed by atoms with van der Waals surface area (Å²) in [7, 11) is 0. The number of rotatable bonds is 6. The molecule has 4 aromatic rings. The van der Waals surface area contributed by atoms with Gasteiger partial charge in [-0.3, -0.25) is 4.98 Å². The van der Waals surface area contributed by atoms with Gasteiger partial charge >= 0.3 is 0 Å². The Hall–Kier alpha value is -3.74. The zero-order valence-electron chi connectivity index (χ0n) is 14.4. The summed E-state index contributed by atoms with van der Waals surface area (Å²) in [4.78, 5) is 12.5. The van der Waals surface area contributed by atoms with Gasteiger partial charge < -0.3 is 15.0 Å². The molecule has 7 nitrogen and oxygen atoms in total. The largest absolute Gasteiger partial charge is 0.473 e. The quantitative estimate of drug-likeness (QED) is 0.564. The molecule has 0 amide bonds. The Morgan fingerprint density at radius 3 is 2.67 bits per heavy atom. The lowest BCUT2D eigenvalue weighted by atomic mass is 10.1. The molecule has 0 atom stereocenters. The van der Waals surface area contributed by atoms with Crippen LogP contribution in [0.4, 0.5) is 5.82 Å². The first kappa shape index (κ1) is 16.7. The van der Waals surface area contributed by atoms with E-state index in [0.29, 0.717) is 30.5 Å². The molecule has 0 bridgehead atoms. The van der Waals surface area contributed by atoms with Crippen molar-refractivity contribution >= 4 is 5.82 Å². The summed E-state index contributed by atoms with van der Waals surface area (Å²) in [5.41, 5.74) is 9.39. The van der Waals surface area contributed by atoms with Crippen LogP contribution in [0.3, 0.4) is 0 Å². The number of nitrogens with two attached hydrogens (primary N) is 1. The first-order valence-electron chi connectivity index (χ1n) is 8.41. The molecule has 0 aliphatic rings. The summed E-state index contributed by atoms with van der Waals surface area (Å²) in [6, 6.07) is 13.1. The monoisotopic (exact) mass is 359 g/mol. The summed E-state index contributed by atoms with van der Waals surface area (Å²) in [5, 5.41) is 4.10. The summed E-state index contributed by atoms with van der Waals surface area (Å²) in [5.74, 6) is 1.57. The van der Waals surface area contributed by atoms with Crippen molar-refractivity contribution in [3.63, 3.8) is 0 Å². The zero-order chi connectivity index (χ0) is 18.5. The molecule has 0 aliphatic carbocycles. The lowest BCUT2D eigenvalue weighted by molar-refractivity contribution is 0.293. The first-order valence-corrected chi connectivity index (χ1v) is 8.41. The fourth-order valence-corrected chi connectivity index (χ4v) is 2.60. The van der Waals surface area contributed by atoms with E-state index in [1.165, 1.54) is 0 Å². The van der Waals surface area contributed by atoms with Crippen molar-refractivity contribution in [3.05, 3.63) is 84.1 Å². The van der Waals surface area contributed by atoms with Crippen LogP contribution in [0.15, 0.2) is 71.8 Å². The van der Waals surface area contributed by atoms with Gasteiger partial charge in [-0.1, -0.05) is 17.3 Å². The first-order chi connectivity index (χ1) is 13.3. The molecule has 134 valence electrons. The maximum absolute atomic E-state index is 5.87. The maximum atomic E-state index is 5.87. The Morgan fingerprint density at radius 2 is 1.89 bits per heavy atom. The Balaban J connectivity index is 1.39. The summed E-state index contributed by atoms with van der Waals surface area (Å²) >= 11 is 0. The van der Waals surface area contributed by atoms with Gasteiger partial charge in [0.2, 0.25) is 5.88 Å². The Bertz CT molecular complexity index is 1020. The van der Waals surface area contributed by atoms with E-state index in [4.69, 9.17) is 15.0 Å². The topological polar surface area (TPSA) is 100.0 Å². The van der Waals surface area contributed by atoms with Crippen LogP contribution in [0.1, 0.15) is 16.8 Å². The predicted molar refractivity (Wildman–Crippen MR) is 99.8 cm³/mol. The number of aromatic nitrogens is 4. The summed E-state index contributed by atoms with van der Waals surface area (Å²) in [6.07, 6.45) is 7.50. The lowest BCUT2D eigenvalue weighted by Gasteiger charge is -2.05. The van der Waals surface area contributed by atoms with E-state index < -0.39 is 0 Å². The number of anilines is 1. The minimum Gasteiger partial charge on any atom is -0.473 e. The molecule has 0 saturated heterocycles. The van der Waals surface area contributed by atoms with Crippen molar-refractivity contribution in [2.24, 2.45) is 0 Å². The van der Waals surface area contributed by atoms with Crippen molar-refractivity contribution in [2.75, 3.05) is 5.73 Å². The average molecular weight is 359 g/mol. The smallest absolute Gasteiger partial charge is 0.213 e. The molecule has 0 radical (unpaired) electrons. The normalized spacial score (nSPS) is 10.7. The second kappa shape index (κ2) is 7.65. The lowest BCUT2D eigenvalue weighted by Crippen LogP contribution is -1.98. The molecular formula is C20H17N5O2. The van der Waals surface area contributed by atoms with Crippen molar-refractivity contribution < 1.29 is 9.26 Å². The fourth-order valence-electron chi connectivity index (χ4n) is 2.60. The van der Waals surface area contributed by atoms with E-state index >= 15 is 0 Å². The van der Waals surface area contributed by atoms with E-state index in [2.05, 4.69) is 20.1 Å². The van der Waals surface area contributed by atoms with Gasteiger partial charge in [0, 0.05) is 48.9 Å². The van der Waals surface area contributed by atoms with Crippen LogP contribution in [0.25, 0.3) is 11.3 Å². The van der Waals surface area contributed by atoms with Gasteiger partial charge in [-0.05, 0) is 23.8 Å². The third-order valence-electron chi connectivity index (χ3n) is 3.96.